The Labute approximate surface area is 93.2 Å². The molecule has 0 aliphatic rings. The molecular weight excluding hydrogens is 297 g/mol. The fourth-order valence-electron chi connectivity index (χ4n) is 0.990. The first kappa shape index (κ1) is 12.5. The van der Waals surface area contributed by atoms with E-state index >= 15 is 0 Å². The minimum Gasteiger partial charge on any atom is -0.223 e. The van der Waals surface area contributed by atoms with E-state index in [9.17, 15) is 21.6 Å². The van der Waals surface area contributed by atoms with Gasteiger partial charge < -0.3 is 0 Å². The minimum absolute atomic E-state index is 0.134. The van der Waals surface area contributed by atoms with Crippen molar-refractivity contribution in [2.45, 2.75) is 11.1 Å². The van der Waals surface area contributed by atoms with Crippen LogP contribution in [-0.4, -0.2) is 20.3 Å². The fraction of sp³-hybridized carbons (Fsp3) is 0.250. The zero-order valence-corrected chi connectivity index (χ0v) is 9.66. The van der Waals surface area contributed by atoms with E-state index < -0.39 is 21.8 Å². The molecule has 0 atom stereocenters. The molecule has 0 fully saturated rings. The molecule has 1 aromatic carbocycles. The van der Waals surface area contributed by atoms with Crippen LogP contribution < -0.4 is 0 Å². The van der Waals surface area contributed by atoms with Gasteiger partial charge in [0.1, 0.15) is 0 Å². The Kier molecular flexibility index (Phi) is 3.44. The smallest absolute Gasteiger partial charge is 0.223 e. The van der Waals surface area contributed by atoms with E-state index in [2.05, 4.69) is 15.9 Å². The summed E-state index contributed by atoms with van der Waals surface area (Å²) in [5.74, 6) is -1.84. The summed E-state index contributed by atoms with van der Waals surface area (Å²) in [6.45, 7) is 0. The SMILES string of the molecule is O=S(=O)(CC(F)(F)F)c1ccccc1Br. The average Bonchev–Trinajstić information content (AvgIpc) is 1.99. The highest BCUT2D eigenvalue weighted by atomic mass is 79.9. The maximum absolute atomic E-state index is 12.0. The number of halogens is 4. The zero-order chi connectivity index (χ0) is 11.7. The standard InChI is InChI=1S/C8H6BrF3O2S/c9-6-3-1-2-4-7(6)15(13,14)5-8(10,11)12/h1-4H,5H2. The summed E-state index contributed by atoms with van der Waals surface area (Å²) >= 11 is 2.89. The second kappa shape index (κ2) is 4.13. The van der Waals surface area contributed by atoms with Crippen molar-refractivity contribution in [3.8, 4) is 0 Å². The number of hydrogen-bond donors (Lipinski definition) is 0. The van der Waals surface area contributed by atoms with Gasteiger partial charge in [0.15, 0.2) is 15.6 Å². The normalized spacial score (nSPS) is 12.8. The molecule has 1 aromatic rings. The van der Waals surface area contributed by atoms with E-state index in [4.69, 9.17) is 0 Å². The summed E-state index contributed by atoms with van der Waals surface area (Å²) in [5, 5.41) is 0. The molecular formula is C8H6BrF3O2S. The third-order valence-electron chi connectivity index (χ3n) is 1.53. The molecule has 15 heavy (non-hydrogen) atoms. The van der Waals surface area contributed by atoms with Crippen molar-refractivity contribution >= 4 is 25.8 Å². The third-order valence-corrected chi connectivity index (χ3v) is 4.21. The minimum atomic E-state index is -4.73. The number of sulfone groups is 1. The van der Waals surface area contributed by atoms with Crippen LogP contribution in [0.3, 0.4) is 0 Å². The van der Waals surface area contributed by atoms with Gasteiger partial charge in [0.2, 0.25) is 0 Å². The van der Waals surface area contributed by atoms with Crippen molar-refractivity contribution in [2.24, 2.45) is 0 Å². The van der Waals surface area contributed by atoms with E-state index in [1.807, 2.05) is 0 Å². The van der Waals surface area contributed by atoms with Crippen LogP contribution in [-0.2, 0) is 9.84 Å². The maximum Gasteiger partial charge on any atom is 0.403 e. The summed E-state index contributed by atoms with van der Waals surface area (Å²) in [4.78, 5) is -0.345. The molecule has 0 saturated heterocycles. The summed E-state index contributed by atoms with van der Waals surface area (Å²) in [7, 11) is -4.32. The van der Waals surface area contributed by atoms with E-state index in [-0.39, 0.29) is 9.37 Å². The first-order valence-electron chi connectivity index (χ1n) is 3.76. The zero-order valence-electron chi connectivity index (χ0n) is 7.25. The Balaban J connectivity index is 3.13. The summed E-state index contributed by atoms with van der Waals surface area (Å²) in [5.41, 5.74) is 0. The quantitative estimate of drug-likeness (QED) is 0.842. The average molecular weight is 303 g/mol. The first-order chi connectivity index (χ1) is 6.72. The van der Waals surface area contributed by atoms with Crippen molar-refractivity contribution in [3.05, 3.63) is 28.7 Å². The number of hydrogen-bond acceptors (Lipinski definition) is 2. The van der Waals surface area contributed by atoms with Crippen LogP contribution >= 0.6 is 15.9 Å². The molecule has 0 aromatic heterocycles. The van der Waals surface area contributed by atoms with Crippen molar-refractivity contribution in [3.63, 3.8) is 0 Å². The Morgan fingerprint density at radius 2 is 1.73 bits per heavy atom. The lowest BCUT2D eigenvalue weighted by atomic mass is 10.4. The molecule has 0 N–H and O–H groups in total. The summed E-state index contributed by atoms with van der Waals surface area (Å²) in [6.07, 6.45) is -4.73. The van der Waals surface area contributed by atoms with Crippen LogP contribution in [0.1, 0.15) is 0 Å². The molecule has 1 rings (SSSR count). The van der Waals surface area contributed by atoms with Crippen LogP contribution in [0.25, 0.3) is 0 Å². The lowest BCUT2D eigenvalue weighted by molar-refractivity contribution is -0.106. The molecule has 0 aliphatic carbocycles. The predicted octanol–water partition coefficient (Wildman–Crippen LogP) is 2.79. The largest absolute Gasteiger partial charge is 0.403 e. The highest BCUT2D eigenvalue weighted by Gasteiger charge is 2.36. The van der Waals surface area contributed by atoms with Crippen molar-refractivity contribution in [2.75, 3.05) is 5.75 Å². The Morgan fingerprint density at radius 1 is 1.20 bits per heavy atom. The van der Waals surface area contributed by atoms with Gasteiger partial charge >= 0.3 is 6.18 Å². The van der Waals surface area contributed by atoms with Crippen LogP contribution in [0.5, 0.6) is 0 Å². The van der Waals surface area contributed by atoms with Crippen LogP contribution in [0, 0.1) is 0 Å². The van der Waals surface area contributed by atoms with Crippen molar-refractivity contribution < 1.29 is 21.6 Å². The fourth-order valence-corrected chi connectivity index (χ4v) is 3.25. The van der Waals surface area contributed by atoms with Crippen molar-refractivity contribution in [1.82, 2.24) is 0 Å². The van der Waals surface area contributed by atoms with Gasteiger partial charge in [0.25, 0.3) is 0 Å². The second-order valence-electron chi connectivity index (χ2n) is 2.80. The van der Waals surface area contributed by atoms with Gasteiger partial charge in [-0.3, -0.25) is 0 Å². The van der Waals surface area contributed by atoms with E-state index in [0.29, 0.717) is 0 Å². The molecule has 0 unspecified atom stereocenters. The van der Waals surface area contributed by atoms with Crippen molar-refractivity contribution in [1.29, 1.82) is 0 Å². The van der Waals surface area contributed by atoms with Crippen LogP contribution in [0.2, 0.25) is 0 Å². The van der Waals surface area contributed by atoms with Gasteiger partial charge in [0, 0.05) is 4.47 Å². The Hall–Kier alpha value is -0.560. The maximum atomic E-state index is 12.0. The summed E-state index contributed by atoms with van der Waals surface area (Å²) in [6, 6.07) is 5.40. The molecule has 0 saturated carbocycles. The van der Waals surface area contributed by atoms with Crippen LogP contribution in [0.4, 0.5) is 13.2 Å². The molecule has 7 heteroatoms. The highest BCUT2D eigenvalue weighted by Crippen LogP contribution is 2.27. The van der Waals surface area contributed by atoms with Gasteiger partial charge in [-0.2, -0.15) is 13.2 Å². The van der Waals surface area contributed by atoms with E-state index in [0.717, 1.165) is 6.07 Å². The van der Waals surface area contributed by atoms with Crippen LogP contribution in [0.15, 0.2) is 33.6 Å². The molecule has 0 aliphatic heterocycles. The molecule has 0 heterocycles. The lowest BCUT2D eigenvalue weighted by Crippen LogP contribution is -2.23. The molecule has 2 nitrogen and oxygen atoms in total. The number of alkyl halides is 3. The number of benzene rings is 1. The predicted molar refractivity (Wildman–Crippen MR) is 52.2 cm³/mol. The molecule has 0 amide bonds. The topological polar surface area (TPSA) is 34.1 Å². The Bertz CT molecular complexity index is 453. The number of rotatable bonds is 2. The van der Waals surface area contributed by atoms with Gasteiger partial charge in [-0.25, -0.2) is 8.42 Å². The molecule has 84 valence electrons. The lowest BCUT2D eigenvalue weighted by Gasteiger charge is -2.08. The monoisotopic (exact) mass is 302 g/mol. The Morgan fingerprint density at radius 3 is 2.20 bits per heavy atom. The van der Waals surface area contributed by atoms with Gasteiger partial charge in [-0.05, 0) is 28.1 Å². The molecule has 0 spiro atoms. The van der Waals surface area contributed by atoms with E-state index in [1.54, 1.807) is 0 Å². The van der Waals surface area contributed by atoms with Gasteiger partial charge in [0.05, 0.1) is 4.90 Å². The second-order valence-corrected chi connectivity index (χ2v) is 5.62. The van der Waals surface area contributed by atoms with Gasteiger partial charge in [-0.15, -0.1) is 0 Å². The molecule has 0 bridgehead atoms. The first-order valence-corrected chi connectivity index (χ1v) is 6.21. The third kappa shape index (κ3) is 3.49. The summed E-state index contributed by atoms with van der Waals surface area (Å²) < 4.78 is 58.7. The molecule has 0 radical (unpaired) electrons. The highest BCUT2D eigenvalue weighted by molar-refractivity contribution is 9.10. The van der Waals surface area contributed by atoms with E-state index in [1.165, 1.54) is 18.2 Å². The van der Waals surface area contributed by atoms with Gasteiger partial charge in [-0.1, -0.05) is 12.1 Å².